The normalized spacial score (nSPS) is 10.9. The van der Waals surface area contributed by atoms with E-state index in [2.05, 4.69) is 38.8 Å². The number of hydrogen-bond donors (Lipinski definition) is 0. The van der Waals surface area contributed by atoms with E-state index in [0.29, 0.717) is 5.88 Å². The summed E-state index contributed by atoms with van der Waals surface area (Å²) in [6, 6.07) is 10.4. The molecule has 0 aliphatic rings. The second kappa shape index (κ2) is 6.69. The van der Waals surface area contributed by atoms with Crippen LogP contribution in [-0.4, -0.2) is 26.9 Å². The first kappa shape index (κ1) is 12.5. The summed E-state index contributed by atoms with van der Waals surface area (Å²) in [7, 11) is 0. The highest BCUT2D eigenvalue weighted by Crippen LogP contribution is 2.09. The number of rotatable bonds is 6. The van der Waals surface area contributed by atoms with Crippen LogP contribution in [0.15, 0.2) is 35.7 Å². The molecule has 0 amide bonds. The Morgan fingerprint density at radius 1 is 1.18 bits per heavy atom. The van der Waals surface area contributed by atoms with Gasteiger partial charge in [-0.25, -0.2) is 0 Å². The van der Waals surface area contributed by atoms with Crippen molar-refractivity contribution < 1.29 is 0 Å². The summed E-state index contributed by atoms with van der Waals surface area (Å²) in [5.74, 6) is 0.629. The molecule has 0 fully saturated rings. The van der Waals surface area contributed by atoms with Crippen LogP contribution in [0.2, 0.25) is 0 Å². The smallest absolute Gasteiger partial charge is 0.0895 e. The van der Waals surface area contributed by atoms with E-state index in [1.54, 1.807) is 0 Å². The van der Waals surface area contributed by atoms with E-state index >= 15 is 0 Å². The van der Waals surface area contributed by atoms with Gasteiger partial charge in [0.15, 0.2) is 0 Å². The fourth-order valence-electron chi connectivity index (χ4n) is 1.66. The van der Waals surface area contributed by atoms with Crippen LogP contribution >= 0.6 is 23.1 Å². The molecule has 0 unspecified atom stereocenters. The molecule has 5 heteroatoms. The first-order chi connectivity index (χ1) is 8.38. The minimum atomic E-state index is 0.629. The van der Waals surface area contributed by atoms with Crippen LogP contribution in [0.25, 0.3) is 0 Å². The van der Waals surface area contributed by atoms with Crippen molar-refractivity contribution in [3.05, 3.63) is 47.0 Å². The predicted molar refractivity (Wildman–Crippen MR) is 71.2 cm³/mol. The zero-order chi connectivity index (χ0) is 11.9. The van der Waals surface area contributed by atoms with Gasteiger partial charge in [-0.2, -0.15) is 0 Å². The molecule has 1 aromatic heterocycles. The average molecular weight is 268 g/mol. The van der Waals surface area contributed by atoms with Crippen molar-refractivity contribution in [2.45, 2.75) is 13.1 Å². The summed E-state index contributed by atoms with van der Waals surface area (Å²) in [4.78, 5) is 2.28. The third-order valence-corrected chi connectivity index (χ3v) is 3.16. The van der Waals surface area contributed by atoms with Gasteiger partial charge in [-0.15, -0.1) is 16.7 Å². The van der Waals surface area contributed by atoms with Gasteiger partial charge in [0.25, 0.3) is 0 Å². The van der Waals surface area contributed by atoms with Gasteiger partial charge in [-0.3, -0.25) is 4.90 Å². The van der Waals surface area contributed by atoms with Crippen molar-refractivity contribution in [2.24, 2.45) is 0 Å². The Labute approximate surface area is 110 Å². The lowest BCUT2D eigenvalue weighted by Crippen LogP contribution is -2.25. The third-order valence-electron chi connectivity index (χ3n) is 2.44. The lowest BCUT2D eigenvalue weighted by molar-refractivity contribution is 0.269. The van der Waals surface area contributed by atoms with Crippen LogP contribution in [0, 0.1) is 0 Å². The van der Waals surface area contributed by atoms with Gasteiger partial charge < -0.3 is 0 Å². The molecule has 0 atom stereocenters. The highest BCUT2D eigenvalue weighted by Gasteiger charge is 2.08. The maximum atomic E-state index is 5.83. The number of benzene rings is 1. The van der Waals surface area contributed by atoms with E-state index in [1.807, 2.05) is 11.4 Å². The molecule has 0 aliphatic heterocycles. The van der Waals surface area contributed by atoms with Gasteiger partial charge in [-0.05, 0) is 17.1 Å². The molecule has 0 saturated carbocycles. The summed E-state index contributed by atoms with van der Waals surface area (Å²) in [5.41, 5.74) is 2.30. The molecule has 0 bridgehead atoms. The Morgan fingerprint density at radius 3 is 2.65 bits per heavy atom. The number of nitrogens with zero attached hydrogens (tertiary/aromatic N) is 3. The monoisotopic (exact) mass is 267 g/mol. The quantitative estimate of drug-likeness (QED) is 0.754. The second-order valence-corrected chi connectivity index (χ2v) is 4.77. The first-order valence-electron chi connectivity index (χ1n) is 5.46. The average Bonchev–Trinajstić information content (AvgIpc) is 2.83. The minimum Gasteiger partial charge on any atom is -0.292 e. The molecule has 1 heterocycles. The largest absolute Gasteiger partial charge is 0.292 e. The molecule has 0 spiro atoms. The van der Waals surface area contributed by atoms with Crippen molar-refractivity contribution in [1.82, 2.24) is 14.5 Å². The Morgan fingerprint density at radius 2 is 2.00 bits per heavy atom. The van der Waals surface area contributed by atoms with E-state index in [-0.39, 0.29) is 0 Å². The summed E-state index contributed by atoms with van der Waals surface area (Å²) in [5, 5.41) is 6.04. The summed E-state index contributed by atoms with van der Waals surface area (Å²) in [6.07, 6.45) is 0. The van der Waals surface area contributed by atoms with Crippen molar-refractivity contribution in [1.29, 1.82) is 0 Å². The number of hydrogen-bond acceptors (Lipinski definition) is 4. The fraction of sp³-hybridized carbons (Fsp3) is 0.333. The van der Waals surface area contributed by atoms with E-state index in [0.717, 1.165) is 25.3 Å². The standard InChI is InChI=1S/C12H14ClN3S/c13-6-7-16(9-12-10-17-15-14-12)8-11-4-2-1-3-5-11/h1-5,10H,6-9H2. The zero-order valence-corrected chi connectivity index (χ0v) is 11.0. The molecule has 17 heavy (non-hydrogen) atoms. The molecule has 2 rings (SSSR count). The van der Waals surface area contributed by atoms with Crippen LogP contribution in [0.4, 0.5) is 0 Å². The number of aromatic nitrogens is 2. The van der Waals surface area contributed by atoms with Gasteiger partial charge in [-0.1, -0.05) is 34.8 Å². The predicted octanol–water partition coefficient (Wildman–Crippen LogP) is 2.78. The SMILES string of the molecule is ClCCN(Cc1ccccc1)Cc1csnn1. The van der Waals surface area contributed by atoms with E-state index < -0.39 is 0 Å². The number of alkyl halides is 1. The molecule has 0 radical (unpaired) electrons. The fourth-order valence-corrected chi connectivity index (χ4v) is 2.34. The molecular weight excluding hydrogens is 254 g/mol. The summed E-state index contributed by atoms with van der Waals surface area (Å²) < 4.78 is 3.87. The summed E-state index contributed by atoms with van der Waals surface area (Å²) in [6.45, 7) is 2.55. The Balaban J connectivity index is 1.97. The van der Waals surface area contributed by atoms with Crippen LogP contribution in [-0.2, 0) is 13.1 Å². The molecule has 90 valence electrons. The van der Waals surface area contributed by atoms with Crippen molar-refractivity contribution in [3.63, 3.8) is 0 Å². The van der Waals surface area contributed by atoms with Crippen molar-refractivity contribution in [3.8, 4) is 0 Å². The zero-order valence-electron chi connectivity index (χ0n) is 9.42. The molecule has 2 aromatic rings. The van der Waals surface area contributed by atoms with Crippen molar-refractivity contribution >= 4 is 23.1 Å². The van der Waals surface area contributed by atoms with Crippen LogP contribution in [0.5, 0.6) is 0 Å². The Kier molecular flexibility index (Phi) is 4.91. The van der Waals surface area contributed by atoms with Crippen molar-refractivity contribution in [2.75, 3.05) is 12.4 Å². The van der Waals surface area contributed by atoms with Gasteiger partial charge in [0.2, 0.25) is 0 Å². The van der Waals surface area contributed by atoms with Gasteiger partial charge in [0, 0.05) is 30.9 Å². The highest BCUT2D eigenvalue weighted by atomic mass is 35.5. The van der Waals surface area contributed by atoms with Crippen LogP contribution in [0.1, 0.15) is 11.3 Å². The Hall–Kier alpha value is -0.970. The molecule has 0 saturated heterocycles. The van der Waals surface area contributed by atoms with E-state index in [9.17, 15) is 0 Å². The van der Waals surface area contributed by atoms with E-state index in [4.69, 9.17) is 11.6 Å². The summed E-state index contributed by atoms with van der Waals surface area (Å²) >= 11 is 7.21. The van der Waals surface area contributed by atoms with Gasteiger partial charge >= 0.3 is 0 Å². The maximum Gasteiger partial charge on any atom is 0.0895 e. The highest BCUT2D eigenvalue weighted by molar-refractivity contribution is 7.03. The molecule has 0 N–H and O–H groups in total. The van der Waals surface area contributed by atoms with E-state index in [1.165, 1.54) is 17.1 Å². The molecule has 1 aromatic carbocycles. The lowest BCUT2D eigenvalue weighted by Gasteiger charge is -2.19. The van der Waals surface area contributed by atoms with Gasteiger partial charge in [0.1, 0.15) is 0 Å². The van der Waals surface area contributed by atoms with Crippen LogP contribution in [0.3, 0.4) is 0 Å². The second-order valence-electron chi connectivity index (χ2n) is 3.78. The minimum absolute atomic E-state index is 0.629. The molecule has 0 aliphatic carbocycles. The van der Waals surface area contributed by atoms with Gasteiger partial charge in [0.05, 0.1) is 5.69 Å². The topological polar surface area (TPSA) is 29.0 Å². The Bertz CT molecular complexity index is 419. The first-order valence-corrected chi connectivity index (χ1v) is 6.84. The third kappa shape index (κ3) is 4.07. The molecule has 3 nitrogen and oxygen atoms in total. The number of halogens is 1. The lowest BCUT2D eigenvalue weighted by atomic mass is 10.2. The van der Waals surface area contributed by atoms with Crippen LogP contribution < -0.4 is 0 Å². The maximum absolute atomic E-state index is 5.83. The molecular formula is C12H14ClN3S.